The SMILES string of the molecule is COc1ccc(-c2cnsc2-c2cc(OC)c(OC)c(OC)c2)cc1NC(=O)CN.Cl. The van der Waals surface area contributed by atoms with E-state index in [0.29, 0.717) is 28.7 Å². The third kappa shape index (κ3) is 5.01. The summed E-state index contributed by atoms with van der Waals surface area (Å²) >= 11 is 1.34. The average Bonchev–Trinajstić information content (AvgIpc) is 3.27. The number of nitrogens with one attached hydrogen (secondary N) is 1. The zero-order valence-electron chi connectivity index (χ0n) is 17.6. The van der Waals surface area contributed by atoms with Gasteiger partial charge in [-0.3, -0.25) is 4.79 Å². The molecule has 3 rings (SSSR count). The van der Waals surface area contributed by atoms with Crippen LogP contribution < -0.4 is 30.0 Å². The molecule has 0 aliphatic rings. The molecule has 0 saturated heterocycles. The maximum atomic E-state index is 11.8. The fourth-order valence-corrected chi connectivity index (χ4v) is 3.80. The van der Waals surface area contributed by atoms with Gasteiger partial charge in [0.15, 0.2) is 11.5 Å². The summed E-state index contributed by atoms with van der Waals surface area (Å²) in [7, 11) is 6.25. The molecule has 1 aromatic heterocycles. The molecule has 3 N–H and O–H groups in total. The molecule has 3 aromatic rings. The molecule has 0 radical (unpaired) electrons. The third-order valence-electron chi connectivity index (χ3n) is 4.47. The number of carbonyl (C=O) groups is 1. The van der Waals surface area contributed by atoms with Gasteiger partial charge in [-0.25, -0.2) is 0 Å². The van der Waals surface area contributed by atoms with Crippen molar-refractivity contribution >= 4 is 35.5 Å². The summed E-state index contributed by atoms with van der Waals surface area (Å²) < 4.78 is 26.1. The highest BCUT2D eigenvalue weighted by atomic mass is 35.5. The first-order valence-corrected chi connectivity index (χ1v) is 9.77. The van der Waals surface area contributed by atoms with Crippen molar-refractivity contribution in [3.8, 4) is 44.6 Å². The van der Waals surface area contributed by atoms with Crippen LogP contribution in [0.4, 0.5) is 5.69 Å². The van der Waals surface area contributed by atoms with Gasteiger partial charge in [-0.05, 0) is 41.4 Å². The number of nitrogens with zero attached hydrogens (tertiary/aromatic N) is 1. The van der Waals surface area contributed by atoms with Crippen molar-refractivity contribution in [2.45, 2.75) is 0 Å². The number of methoxy groups -OCH3 is 4. The van der Waals surface area contributed by atoms with Gasteiger partial charge in [-0.1, -0.05) is 6.07 Å². The predicted molar refractivity (Wildman–Crippen MR) is 124 cm³/mol. The largest absolute Gasteiger partial charge is 0.495 e. The fourth-order valence-electron chi connectivity index (χ4n) is 3.04. The molecule has 166 valence electrons. The number of carbonyl (C=O) groups excluding carboxylic acids is 1. The van der Waals surface area contributed by atoms with Gasteiger partial charge in [0.2, 0.25) is 11.7 Å². The van der Waals surface area contributed by atoms with Crippen LogP contribution in [0.3, 0.4) is 0 Å². The number of hydrogen-bond donors (Lipinski definition) is 2. The van der Waals surface area contributed by atoms with Crippen molar-refractivity contribution in [3.05, 3.63) is 36.5 Å². The lowest BCUT2D eigenvalue weighted by molar-refractivity contribution is -0.114. The molecule has 0 fully saturated rings. The van der Waals surface area contributed by atoms with Crippen LogP contribution in [-0.2, 0) is 4.79 Å². The number of ether oxygens (including phenoxy) is 4. The van der Waals surface area contributed by atoms with Crippen LogP contribution in [0.25, 0.3) is 21.6 Å². The van der Waals surface area contributed by atoms with E-state index in [9.17, 15) is 4.79 Å². The summed E-state index contributed by atoms with van der Waals surface area (Å²) in [4.78, 5) is 12.7. The predicted octanol–water partition coefficient (Wildman–Crippen LogP) is 3.83. The van der Waals surface area contributed by atoms with Gasteiger partial charge < -0.3 is 30.0 Å². The first kappa shape index (κ1) is 24.3. The Labute approximate surface area is 190 Å². The van der Waals surface area contributed by atoms with Gasteiger partial charge >= 0.3 is 0 Å². The quantitative estimate of drug-likeness (QED) is 0.520. The summed E-state index contributed by atoms with van der Waals surface area (Å²) in [6.07, 6.45) is 1.78. The highest BCUT2D eigenvalue weighted by molar-refractivity contribution is 7.10. The normalized spacial score (nSPS) is 10.1. The molecule has 0 spiro atoms. The molecule has 10 heteroatoms. The minimum atomic E-state index is -0.307. The number of anilines is 1. The van der Waals surface area contributed by atoms with Crippen LogP contribution in [0.5, 0.6) is 23.0 Å². The highest BCUT2D eigenvalue weighted by Gasteiger charge is 2.19. The van der Waals surface area contributed by atoms with Gasteiger partial charge in [-0.15, -0.1) is 12.4 Å². The van der Waals surface area contributed by atoms with E-state index >= 15 is 0 Å². The second kappa shape index (κ2) is 10.9. The smallest absolute Gasteiger partial charge is 0.238 e. The number of halogens is 1. The molecular weight excluding hydrogens is 442 g/mol. The van der Waals surface area contributed by atoms with Crippen molar-refractivity contribution < 1.29 is 23.7 Å². The van der Waals surface area contributed by atoms with Crippen molar-refractivity contribution in [1.29, 1.82) is 0 Å². The van der Waals surface area contributed by atoms with Crippen LogP contribution in [-0.4, -0.2) is 45.3 Å². The van der Waals surface area contributed by atoms with E-state index in [1.165, 1.54) is 11.5 Å². The number of hydrogen-bond acceptors (Lipinski definition) is 8. The molecule has 0 bridgehead atoms. The fraction of sp³-hybridized carbons (Fsp3) is 0.238. The molecule has 31 heavy (non-hydrogen) atoms. The summed E-state index contributed by atoms with van der Waals surface area (Å²) in [6, 6.07) is 9.27. The van der Waals surface area contributed by atoms with Gasteiger partial charge in [-0.2, -0.15) is 4.37 Å². The summed E-state index contributed by atoms with van der Waals surface area (Å²) in [5.41, 5.74) is 8.58. The third-order valence-corrected chi connectivity index (χ3v) is 5.32. The van der Waals surface area contributed by atoms with E-state index < -0.39 is 0 Å². The van der Waals surface area contributed by atoms with Crippen molar-refractivity contribution in [3.63, 3.8) is 0 Å². The van der Waals surface area contributed by atoms with Crippen LogP contribution >= 0.6 is 23.9 Å². The van der Waals surface area contributed by atoms with Crippen molar-refractivity contribution in [1.82, 2.24) is 4.37 Å². The molecule has 0 atom stereocenters. The zero-order chi connectivity index (χ0) is 21.7. The Morgan fingerprint density at radius 3 is 2.16 bits per heavy atom. The van der Waals surface area contributed by atoms with E-state index in [4.69, 9.17) is 24.7 Å². The maximum Gasteiger partial charge on any atom is 0.238 e. The first-order valence-electron chi connectivity index (χ1n) is 8.99. The second-order valence-corrected chi connectivity index (χ2v) is 6.95. The molecule has 8 nitrogen and oxygen atoms in total. The molecule has 1 amide bonds. The molecule has 2 aromatic carbocycles. The molecular formula is C21H24ClN3O5S. The van der Waals surface area contributed by atoms with Crippen molar-refractivity contribution in [2.75, 3.05) is 40.3 Å². The minimum absolute atomic E-state index is 0. The van der Waals surface area contributed by atoms with Crippen LogP contribution in [0.15, 0.2) is 36.5 Å². The summed E-state index contributed by atoms with van der Waals surface area (Å²) in [5.74, 6) is 1.86. The molecule has 0 aliphatic carbocycles. The Balaban J connectivity index is 0.00000341. The van der Waals surface area contributed by atoms with E-state index in [2.05, 4.69) is 9.69 Å². The lowest BCUT2D eigenvalue weighted by atomic mass is 10.0. The Hall–Kier alpha value is -3.01. The van der Waals surface area contributed by atoms with Gasteiger partial charge in [0.1, 0.15) is 5.75 Å². The number of aromatic nitrogens is 1. The average molecular weight is 466 g/mol. The molecule has 0 unspecified atom stereocenters. The number of amides is 1. The first-order chi connectivity index (χ1) is 14.6. The van der Waals surface area contributed by atoms with E-state index in [1.807, 2.05) is 24.3 Å². The van der Waals surface area contributed by atoms with Crippen LogP contribution in [0.2, 0.25) is 0 Å². The Morgan fingerprint density at radius 2 is 1.61 bits per heavy atom. The van der Waals surface area contributed by atoms with Gasteiger partial charge in [0, 0.05) is 17.3 Å². The van der Waals surface area contributed by atoms with E-state index in [1.54, 1.807) is 40.7 Å². The van der Waals surface area contributed by atoms with E-state index in [0.717, 1.165) is 21.6 Å². The number of nitrogens with two attached hydrogens (primary N) is 1. The van der Waals surface area contributed by atoms with E-state index in [-0.39, 0.29) is 24.9 Å². The van der Waals surface area contributed by atoms with Crippen LogP contribution in [0.1, 0.15) is 0 Å². The molecule has 1 heterocycles. The molecule has 0 saturated carbocycles. The lowest BCUT2D eigenvalue weighted by Gasteiger charge is -2.15. The van der Waals surface area contributed by atoms with Crippen molar-refractivity contribution in [2.24, 2.45) is 5.73 Å². The highest BCUT2D eigenvalue weighted by Crippen LogP contribution is 2.45. The second-order valence-electron chi connectivity index (χ2n) is 6.15. The Bertz CT molecular complexity index is 1030. The number of rotatable bonds is 8. The molecule has 0 aliphatic heterocycles. The van der Waals surface area contributed by atoms with Crippen LogP contribution in [0, 0.1) is 0 Å². The lowest BCUT2D eigenvalue weighted by Crippen LogP contribution is -2.22. The summed E-state index contributed by atoms with van der Waals surface area (Å²) in [5, 5.41) is 2.76. The standard InChI is InChI=1S/C21H23N3O5S.ClH/c1-26-16-6-5-12(7-15(16)24-19(25)10-22)14-11-23-30-21(14)13-8-17(27-2)20(29-4)18(9-13)28-3;/h5-9,11H,10,22H2,1-4H3,(H,24,25);1H. The Morgan fingerprint density at radius 1 is 0.968 bits per heavy atom. The number of benzene rings is 2. The minimum Gasteiger partial charge on any atom is -0.495 e. The maximum absolute atomic E-state index is 11.8. The van der Waals surface area contributed by atoms with Gasteiger partial charge in [0.25, 0.3) is 0 Å². The monoisotopic (exact) mass is 465 g/mol. The summed E-state index contributed by atoms with van der Waals surface area (Å²) in [6.45, 7) is -0.121. The zero-order valence-corrected chi connectivity index (χ0v) is 19.2. The Kier molecular flexibility index (Phi) is 8.49. The topological polar surface area (TPSA) is 105 Å². The van der Waals surface area contributed by atoms with Gasteiger partial charge in [0.05, 0.1) is 45.5 Å².